The van der Waals surface area contributed by atoms with Crippen LogP contribution in [0.3, 0.4) is 0 Å². The largest absolute Gasteiger partial charge is 0.493 e. The van der Waals surface area contributed by atoms with Gasteiger partial charge in [-0.25, -0.2) is 0 Å². The van der Waals surface area contributed by atoms with Gasteiger partial charge >= 0.3 is 0 Å². The lowest BCUT2D eigenvalue weighted by Crippen LogP contribution is -2.30. The van der Waals surface area contributed by atoms with Crippen LogP contribution in [0, 0.1) is 5.92 Å². The number of hydrazone groups is 1. The molecule has 0 heterocycles. The minimum absolute atomic E-state index is 0.274. The van der Waals surface area contributed by atoms with Crippen molar-refractivity contribution < 1.29 is 9.53 Å². The van der Waals surface area contributed by atoms with Gasteiger partial charge in [0.2, 0.25) is 0 Å². The summed E-state index contributed by atoms with van der Waals surface area (Å²) in [5, 5.41) is 8.24. The average molecular weight is 434 g/mol. The van der Waals surface area contributed by atoms with Crippen LogP contribution in [0.25, 0.3) is 0 Å². The molecule has 0 aromatic heterocycles. The van der Waals surface area contributed by atoms with Crippen molar-refractivity contribution in [3.8, 4) is 5.75 Å². The highest BCUT2D eigenvalue weighted by Crippen LogP contribution is 2.23. The molecule has 0 unspecified atom stereocenters. The van der Waals surface area contributed by atoms with Crippen molar-refractivity contribution in [2.45, 2.75) is 27.3 Å². The Labute approximate surface area is 181 Å². The van der Waals surface area contributed by atoms with Gasteiger partial charge in [0.15, 0.2) is 5.84 Å². The Morgan fingerprint density at radius 3 is 2.48 bits per heavy atom. The Hall–Kier alpha value is -2.50. The van der Waals surface area contributed by atoms with E-state index in [1.807, 2.05) is 19.1 Å². The van der Waals surface area contributed by atoms with Crippen LogP contribution in [-0.4, -0.2) is 18.3 Å². The number of nitrogens with one attached hydrogen (secondary N) is 2. The van der Waals surface area contributed by atoms with Crippen molar-refractivity contribution in [2.24, 2.45) is 11.0 Å². The van der Waals surface area contributed by atoms with Crippen LogP contribution in [-0.2, 0) is 6.54 Å². The lowest BCUT2D eigenvalue weighted by Gasteiger charge is -2.14. The molecule has 0 aliphatic heterocycles. The highest BCUT2D eigenvalue weighted by molar-refractivity contribution is 6.31. The number of hydrogen-bond donors (Lipinski definition) is 2. The number of carbonyl (C=O) groups excluding carboxylic acids is 1. The molecule has 2 rings (SSSR count). The summed E-state index contributed by atoms with van der Waals surface area (Å²) >= 11 is 12.0. The Morgan fingerprint density at radius 2 is 1.83 bits per heavy atom. The maximum absolute atomic E-state index is 12.4. The first-order chi connectivity index (χ1) is 13.9. The Balaban J connectivity index is 2.06. The van der Waals surface area contributed by atoms with Crippen molar-refractivity contribution >= 4 is 34.9 Å². The molecule has 7 heteroatoms. The second kappa shape index (κ2) is 11.5. The van der Waals surface area contributed by atoms with E-state index in [-0.39, 0.29) is 5.91 Å². The van der Waals surface area contributed by atoms with Gasteiger partial charge in [-0.3, -0.25) is 4.79 Å². The van der Waals surface area contributed by atoms with Crippen molar-refractivity contribution in [3.63, 3.8) is 0 Å². The maximum Gasteiger partial charge on any atom is 0.256 e. The zero-order chi connectivity index (χ0) is 21.2. The summed E-state index contributed by atoms with van der Waals surface area (Å²) in [7, 11) is 0. The number of allylic oxidation sites excluding steroid dienone is 1. The van der Waals surface area contributed by atoms with Gasteiger partial charge in [0.05, 0.1) is 13.2 Å². The highest BCUT2D eigenvalue weighted by atomic mass is 35.5. The molecule has 29 heavy (non-hydrogen) atoms. The molecule has 1 amide bonds. The van der Waals surface area contributed by atoms with E-state index in [1.54, 1.807) is 42.5 Å². The normalized spacial score (nSPS) is 11.7. The number of halogens is 2. The van der Waals surface area contributed by atoms with E-state index >= 15 is 0 Å². The number of benzene rings is 2. The summed E-state index contributed by atoms with van der Waals surface area (Å²) in [4.78, 5) is 12.4. The number of rotatable bonds is 8. The van der Waals surface area contributed by atoms with Crippen LogP contribution >= 0.6 is 23.2 Å². The smallest absolute Gasteiger partial charge is 0.256 e. The van der Waals surface area contributed by atoms with Crippen LogP contribution in [0.1, 0.15) is 36.7 Å². The van der Waals surface area contributed by atoms with Gasteiger partial charge in [-0.2, -0.15) is 5.10 Å². The van der Waals surface area contributed by atoms with E-state index < -0.39 is 0 Å². The number of amidine groups is 1. The predicted octanol–water partition coefficient (Wildman–Crippen LogP) is 5.44. The maximum atomic E-state index is 12.4. The van der Waals surface area contributed by atoms with Crippen molar-refractivity contribution in [2.75, 3.05) is 6.61 Å². The standard InChI is InChI=1S/C22H25Cl2N3O2/c1-4-5-21(26-22(28)16-6-8-18(23)9-7-16)27-25-13-17-12-19(24)10-11-20(17)29-14-15(2)3/h4-12,15,25H,13-14H2,1-3H3,(H,26,27,28)/b5-4+. The van der Waals surface area contributed by atoms with Crippen molar-refractivity contribution in [1.82, 2.24) is 10.7 Å². The molecule has 0 saturated heterocycles. The topological polar surface area (TPSA) is 62.7 Å². The second-order valence-electron chi connectivity index (χ2n) is 6.75. The molecule has 5 nitrogen and oxygen atoms in total. The summed E-state index contributed by atoms with van der Waals surface area (Å²) in [5.74, 6) is 1.28. The Bertz CT molecular complexity index is 878. The molecular formula is C22H25Cl2N3O2. The van der Waals surface area contributed by atoms with Gasteiger partial charge in [-0.1, -0.05) is 43.1 Å². The SMILES string of the molecule is C/C=C/C(=N\NCc1cc(Cl)ccc1OCC(C)C)NC(=O)c1ccc(Cl)cc1. The molecule has 0 atom stereocenters. The van der Waals surface area contributed by atoms with E-state index in [0.717, 1.165) is 11.3 Å². The van der Waals surface area contributed by atoms with Crippen LogP contribution in [0.5, 0.6) is 5.75 Å². The van der Waals surface area contributed by atoms with E-state index in [0.29, 0.717) is 40.5 Å². The summed E-state index contributed by atoms with van der Waals surface area (Å²) in [6.07, 6.45) is 3.49. The summed E-state index contributed by atoms with van der Waals surface area (Å²) < 4.78 is 5.85. The molecule has 0 fully saturated rings. The molecule has 0 aliphatic rings. The Kier molecular flexibility index (Phi) is 9.03. The third kappa shape index (κ3) is 7.80. The number of carbonyl (C=O) groups is 1. The van der Waals surface area contributed by atoms with Gasteiger partial charge < -0.3 is 15.5 Å². The second-order valence-corrected chi connectivity index (χ2v) is 7.62. The average Bonchev–Trinajstić information content (AvgIpc) is 2.67. The van der Waals surface area contributed by atoms with E-state index in [9.17, 15) is 4.79 Å². The van der Waals surface area contributed by atoms with Gasteiger partial charge in [-0.15, -0.1) is 0 Å². The zero-order valence-corrected chi connectivity index (χ0v) is 18.2. The number of hydrogen-bond acceptors (Lipinski definition) is 4. The quantitative estimate of drug-likeness (QED) is 0.331. The van der Waals surface area contributed by atoms with E-state index in [4.69, 9.17) is 27.9 Å². The third-order valence-electron chi connectivity index (χ3n) is 3.74. The molecule has 0 radical (unpaired) electrons. The van der Waals surface area contributed by atoms with E-state index in [2.05, 4.69) is 29.7 Å². The molecule has 2 aromatic rings. The van der Waals surface area contributed by atoms with Crippen LogP contribution < -0.4 is 15.5 Å². The molecule has 0 spiro atoms. The van der Waals surface area contributed by atoms with E-state index in [1.165, 1.54) is 0 Å². The first-order valence-corrected chi connectivity index (χ1v) is 10.1. The van der Waals surface area contributed by atoms with Crippen LogP contribution in [0.4, 0.5) is 0 Å². The Morgan fingerprint density at radius 1 is 1.14 bits per heavy atom. The van der Waals surface area contributed by atoms with Gasteiger partial charge in [0.25, 0.3) is 5.91 Å². The van der Waals surface area contributed by atoms with Crippen molar-refractivity contribution in [3.05, 3.63) is 75.8 Å². The summed E-state index contributed by atoms with van der Waals surface area (Å²) in [6.45, 7) is 7.03. The minimum atomic E-state index is -0.274. The lowest BCUT2D eigenvalue weighted by molar-refractivity contribution is 0.0977. The summed E-state index contributed by atoms with van der Waals surface area (Å²) in [6, 6.07) is 12.1. The summed E-state index contributed by atoms with van der Waals surface area (Å²) in [5.41, 5.74) is 4.34. The minimum Gasteiger partial charge on any atom is -0.493 e. The number of amides is 1. The highest BCUT2D eigenvalue weighted by Gasteiger charge is 2.09. The predicted molar refractivity (Wildman–Crippen MR) is 120 cm³/mol. The van der Waals surface area contributed by atoms with Gasteiger partial charge in [-0.05, 0) is 61.4 Å². The zero-order valence-electron chi connectivity index (χ0n) is 16.7. The van der Waals surface area contributed by atoms with Crippen LogP contribution in [0.2, 0.25) is 10.0 Å². The fourth-order valence-corrected chi connectivity index (χ4v) is 2.67. The monoisotopic (exact) mass is 433 g/mol. The molecule has 0 saturated carbocycles. The van der Waals surface area contributed by atoms with Crippen LogP contribution in [0.15, 0.2) is 59.7 Å². The molecule has 2 N–H and O–H groups in total. The molecular weight excluding hydrogens is 409 g/mol. The fourth-order valence-electron chi connectivity index (χ4n) is 2.35. The third-order valence-corrected chi connectivity index (χ3v) is 4.22. The molecule has 0 aliphatic carbocycles. The number of ether oxygens (including phenoxy) is 1. The first-order valence-electron chi connectivity index (χ1n) is 9.30. The molecule has 154 valence electrons. The first kappa shape index (κ1) is 22.8. The number of nitrogens with zero attached hydrogens (tertiary/aromatic N) is 1. The van der Waals surface area contributed by atoms with Gasteiger partial charge in [0, 0.05) is 21.2 Å². The van der Waals surface area contributed by atoms with Gasteiger partial charge in [0.1, 0.15) is 5.75 Å². The lowest BCUT2D eigenvalue weighted by atomic mass is 10.2. The van der Waals surface area contributed by atoms with Crippen molar-refractivity contribution in [1.29, 1.82) is 0 Å². The fraction of sp³-hybridized carbons (Fsp3) is 0.273. The molecule has 2 aromatic carbocycles. The molecule has 0 bridgehead atoms.